The summed E-state index contributed by atoms with van der Waals surface area (Å²) in [5, 5.41) is 3.99. The predicted molar refractivity (Wildman–Crippen MR) is 67.3 cm³/mol. The highest BCUT2D eigenvalue weighted by atomic mass is 35.5. The molecule has 92 valence electrons. The fraction of sp³-hybridized carbons (Fsp3) is 0.462. The molecule has 0 spiro atoms. The number of nitrogens with one attached hydrogen (secondary N) is 1. The van der Waals surface area contributed by atoms with Crippen LogP contribution in [-0.4, -0.2) is 25.2 Å². The molecule has 1 unspecified atom stereocenters. The molecule has 0 aliphatic heterocycles. The molecule has 1 aliphatic rings. The van der Waals surface area contributed by atoms with Crippen molar-refractivity contribution < 1.29 is 9.53 Å². The van der Waals surface area contributed by atoms with Crippen molar-refractivity contribution in [3.8, 4) is 0 Å². The first-order valence-electron chi connectivity index (χ1n) is 5.85. The second-order valence-electron chi connectivity index (χ2n) is 4.20. The van der Waals surface area contributed by atoms with Gasteiger partial charge in [-0.05, 0) is 43.0 Å². The Morgan fingerprint density at radius 3 is 3.00 bits per heavy atom. The number of benzene rings is 1. The first-order chi connectivity index (χ1) is 8.19. The summed E-state index contributed by atoms with van der Waals surface area (Å²) in [6, 6.07) is 6.29. The molecular formula is C13H16ClNO2. The van der Waals surface area contributed by atoms with Crippen LogP contribution in [-0.2, 0) is 22.4 Å². The molecule has 1 atom stereocenters. The van der Waals surface area contributed by atoms with Gasteiger partial charge in [-0.3, -0.25) is 4.79 Å². The van der Waals surface area contributed by atoms with E-state index in [-0.39, 0.29) is 12.5 Å². The highest BCUT2D eigenvalue weighted by Crippen LogP contribution is 2.25. The smallest absolute Gasteiger partial charge is 0.319 e. The van der Waals surface area contributed by atoms with Crippen LogP contribution in [0.3, 0.4) is 0 Å². The molecule has 0 fully saturated rings. The van der Waals surface area contributed by atoms with Gasteiger partial charge in [0.1, 0.15) is 0 Å². The van der Waals surface area contributed by atoms with E-state index >= 15 is 0 Å². The van der Waals surface area contributed by atoms with Gasteiger partial charge in [0.2, 0.25) is 0 Å². The minimum Gasteiger partial charge on any atom is -0.465 e. The van der Waals surface area contributed by atoms with E-state index in [2.05, 4.69) is 11.4 Å². The summed E-state index contributed by atoms with van der Waals surface area (Å²) >= 11 is 5.95. The minimum atomic E-state index is -0.193. The van der Waals surface area contributed by atoms with E-state index in [1.165, 1.54) is 11.1 Å². The summed E-state index contributed by atoms with van der Waals surface area (Å²) in [6.45, 7) is 2.52. The van der Waals surface area contributed by atoms with Crippen LogP contribution >= 0.6 is 11.6 Å². The Balaban J connectivity index is 1.86. The third-order valence-electron chi connectivity index (χ3n) is 2.94. The normalized spacial score (nSPS) is 17.9. The lowest BCUT2D eigenvalue weighted by Crippen LogP contribution is -2.34. The van der Waals surface area contributed by atoms with Crippen LogP contribution in [0.25, 0.3) is 0 Å². The molecule has 4 heteroatoms. The number of carbonyl (C=O) groups excluding carboxylic acids is 1. The van der Waals surface area contributed by atoms with Crippen molar-refractivity contribution in [2.45, 2.75) is 25.8 Å². The first-order valence-corrected chi connectivity index (χ1v) is 6.23. The maximum Gasteiger partial charge on any atom is 0.319 e. The van der Waals surface area contributed by atoms with Crippen LogP contribution in [0.4, 0.5) is 0 Å². The van der Waals surface area contributed by atoms with Gasteiger partial charge in [-0.15, -0.1) is 0 Å². The summed E-state index contributed by atoms with van der Waals surface area (Å²) in [5.74, 6) is -0.193. The van der Waals surface area contributed by atoms with Gasteiger partial charge in [-0.2, -0.15) is 0 Å². The molecule has 1 aromatic rings. The standard InChI is InChI=1S/C13H16ClNO2/c1-2-17-13(16)8-15-12-6-9-3-4-11(14)5-10(9)7-12/h3-5,12,15H,2,6-8H2,1H3. The van der Waals surface area contributed by atoms with Crippen LogP contribution in [0, 0.1) is 0 Å². The van der Waals surface area contributed by atoms with Crippen LogP contribution in [0.2, 0.25) is 5.02 Å². The highest BCUT2D eigenvalue weighted by molar-refractivity contribution is 6.30. The van der Waals surface area contributed by atoms with Gasteiger partial charge in [0.25, 0.3) is 0 Å². The van der Waals surface area contributed by atoms with Crippen LogP contribution < -0.4 is 5.32 Å². The Kier molecular flexibility index (Phi) is 4.02. The number of rotatable bonds is 4. The Morgan fingerprint density at radius 2 is 2.24 bits per heavy atom. The number of esters is 1. The van der Waals surface area contributed by atoms with Crippen LogP contribution in [0.15, 0.2) is 18.2 Å². The molecule has 1 aromatic carbocycles. The second-order valence-corrected chi connectivity index (χ2v) is 4.64. The average molecular weight is 254 g/mol. The molecule has 17 heavy (non-hydrogen) atoms. The number of hydrogen-bond donors (Lipinski definition) is 1. The zero-order valence-electron chi connectivity index (χ0n) is 9.83. The van der Waals surface area contributed by atoms with Crippen LogP contribution in [0.5, 0.6) is 0 Å². The number of fused-ring (bicyclic) bond motifs is 1. The largest absolute Gasteiger partial charge is 0.465 e. The van der Waals surface area contributed by atoms with E-state index in [4.69, 9.17) is 16.3 Å². The molecule has 0 amide bonds. The fourth-order valence-electron chi connectivity index (χ4n) is 2.17. The van der Waals surface area contributed by atoms with Crippen LogP contribution in [0.1, 0.15) is 18.1 Å². The summed E-state index contributed by atoms with van der Waals surface area (Å²) in [6.07, 6.45) is 1.88. The maximum atomic E-state index is 11.2. The number of halogens is 1. The molecule has 0 heterocycles. The Labute approximate surface area is 106 Å². The summed E-state index contributed by atoms with van der Waals surface area (Å²) in [7, 11) is 0. The van der Waals surface area contributed by atoms with E-state index in [9.17, 15) is 4.79 Å². The average Bonchev–Trinajstić information content (AvgIpc) is 2.68. The Bertz CT molecular complexity index is 420. The zero-order chi connectivity index (χ0) is 12.3. The summed E-state index contributed by atoms with van der Waals surface area (Å²) in [5.41, 5.74) is 2.59. The van der Waals surface area contributed by atoms with Crippen molar-refractivity contribution in [2.24, 2.45) is 0 Å². The molecule has 0 radical (unpaired) electrons. The van der Waals surface area contributed by atoms with Gasteiger partial charge in [0.05, 0.1) is 13.2 Å². The molecule has 1 aliphatic carbocycles. The predicted octanol–water partition coefficient (Wildman–Crippen LogP) is 1.96. The van der Waals surface area contributed by atoms with E-state index in [1.54, 1.807) is 0 Å². The quantitative estimate of drug-likeness (QED) is 0.834. The molecular weight excluding hydrogens is 238 g/mol. The van der Waals surface area contributed by atoms with E-state index in [0.29, 0.717) is 12.6 Å². The number of carbonyl (C=O) groups is 1. The highest BCUT2D eigenvalue weighted by Gasteiger charge is 2.21. The monoisotopic (exact) mass is 253 g/mol. The molecule has 0 bridgehead atoms. The van der Waals surface area contributed by atoms with E-state index < -0.39 is 0 Å². The topological polar surface area (TPSA) is 38.3 Å². The van der Waals surface area contributed by atoms with Gasteiger partial charge < -0.3 is 10.1 Å². The lowest BCUT2D eigenvalue weighted by Gasteiger charge is -2.10. The van der Waals surface area contributed by atoms with E-state index in [0.717, 1.165) is 17.9 Å². The zero-order valence-corrected chi connectivity index (χ0v) is 10.6. The second kappa shape index (κ2) is 5.52. The van der Waals surface area contributed by atoms with Gasteiger partial charge in [0, 0.05) is 11.1 Å². The number of hydrogen-bond acceptors (Lipinski definition) is 3. The Morgan fingerprint density at radius 1 is 1.47 bits per heavy atom. The molecule has 1 N–H and O–H groups in total. The summed E-state index contributed by atoms with van der Waals surface area (Å²) in [4.78, 5) is 11.2. The van der Waals surface area contributed by atoms with Gasteiger partial charge in [-0.25, -0.2) is 0 Å². The van der Waals surface area contributed by atoms with Crippen molar-refractivity contribution >= 4 is 17.6 Å². The van der Waals surface area contributed by atoms with E-state index in [1.807, 2.05) is 19.1 Å². The molecule has 3 nitrogen and oxygen atoms in total. The Hall–Kier alpha value is -1.06. The SMILES string of the molecule is CCOC(=O)CNC1Cc2ccc(Cl)cc2C1. The fourth-order valence-corrected chi connectivity index (χ4v) is 2.37. The van der Waals surface area contributed by atoms with Crippen molar-refractivity contribution in [1.29, 1.82) is 0 Å². The summed E-state index contributed by atoms with van der Waals surface area (Å²) < 4.78 is 4.88. The lowest BCUT2D eigenvalue weighted by molar-refractivity contribution is -0.142. The molecule has 0 aromatic heterocycles. The van der Waals surface area contributed by atoms with Gasteiger partial charge in [-0.1, -0.05) is 17.7 Å². The molecule has 0 saturated carbocycles. The van der Waals surface area contributed by atoms with Gasteiger partial charge in [0.15, 0.2) is 0 Å². The third kappa shape index (κ3) is 3.20. The van der Waals surface area contributed by atoms with Crippen molar-refractivity contribution in [3.63, 3.8) is 0 Å². The van der Waals surface area contributed by atoms with Crippen molar-refractivity contribution in [3.05, 3.63) is 34.3 Å². The third-order valence-corrected chi connectivity index (χ3v) is 3.18. The maximum absolute atomic E-state index is 11.2. The first kappa shape index (κ1) is 12.4. The molecule has 2 rings (SSSR count). The number of ether oxygens (including phenoxy) is 1. The van der Waals surface area contributed by atoms with Gasteiger partial charge >= 0.3 is 5.97 Å². The lowest BCUT2D eigenvalue weighted by atomic mass is 10.1. The molecule has 0 saturated heterocycles. The van der Waals surface area contributed by atoms with Crippen molar-refractivity contribution in [2.75, 3.05) is 13.2 Å². The van der Waals surface area contributed by atoms with Crippen molar-refractivity contribution in [1.82, 2.24) is 5.32 Å². The minimum absolute atomic E-state index is 0.193.